The molecule has 1 aliphatic carbocycles. The van der Waals surface area contributed by atoms with E-state index in [0.717, 1.165) is 22.7 Å². The molecule has 1 heterocycles. The van der Waals surface area contributed by atoms with Crippen molar-refractivity contribution in [3.05, 3.63) is 22.9 Å². The van der Waals surface area contributed by atoms with Gasteiger partial charge in [0.05, 0.1) is 17.3 Å². The Morgan fingerprint density at radius 2 is 2.38 bits per heavy atom. The van der Waals surface area contributed by atoms with Gasteiger partial charge >= 0.3 is 0 Å². The third-order valence-electron chi connectivity index (χ3n) is 2.21. The quantitative estimate of drug-likeness (QED) is 0.809. The number of ether oxygens (including phenoxy) is 1. The van der Waals surface area contributed by atoms with Crippen molar-refractivity contribution >= 4 is 15.9 Å². The molecule has 0 aromatic carbocycles. The molecule has 0 amide bonds. The third-order valence-corrected chi connectivity index (χ3v) is 2.87. The number of pyridine rings is 1. The molecule has 0 atom stereocenters. The van der Waals surface area contributed by atoms with Crippen molar-refractivity contribution in [2.45, 2.75) is 19.3 Å². The van der Waals surface area contributed by atoms with Crippen molar-refractivity contribution in [1.29, 1.82) is 0 Å². The molecule has 0 bridgehead atoms. The minimum Gasteiger partial charge on any atom is -0.491 e. The predicted octanol–water partition coefficient (Wildman–Crippen LogP) is 3.02. The van der Waals surface area contributed by atoms with Crippen LogP contribution >= 0.6 is 15.9 Å². The summed E-state index contributed by atoms with van der Waals surface area (Å²) < 4.78 is 6.56. The molecule has 1 aromatic rings. The van der Waals surface area contributed by atoms with E-state index in [1.165, 1.54) is 19.3 Å². The number of hydrogen-bond acceptors (Lipinski definition) is 2. The van der Waals surface area contributed by atoms with Crippen LogP contribution in [-0.2, 0) is 0 Å². The van der Waals surface area contributed by atoms with Gasteiger partial charge in [0, 0.05) is 6.20 Å². The van der Waals surface area contributed by atoms with E-state index in [2.05, 4.69) is 20.9 Å². The van der Waals surface area contributed by atoms with Crippen LogP contribution in [0.15, 0.2) is 22.9 Å². The highest BCUT2D eigenvalue weighted by atomic mass is 79.9. The van der Waals surface area contributed by atoms with E-state index < -0.39 is 0 Å². The first-order chi connectivity index (χ1) is 6.36. The summed E-state index contributed by atoms with van der Waals surface area (Å²) in [5.74, 6) is 1.78. The maximum Gasteiger partial charge on any atom is 0.151 e. The molecule has 1 aliphatic rings. The van der Waals surface area contributed by atoms with Crippen LogP contribution in [0.2, 0.25) is 0 Å². The lowest BCUT2D eigenvalue weighted by atomic mass is 10.3. The Balaban J connectivity index is 1.82. The van der Waals surface area contributed by atoms with Crippen LogP contribution in [0.1, 0.15) is 19.3 Å². The van der Waals surface area contributed by atoms with Gasteiger partial charge in [-0.3, -0.25) is 4.98 Å². The molecule has 0 aliphatic heterocycles. The lowest BCUT2D eigenvalue weighted by molar-refractivity contribution is 0.299. The molecule has 13 heavy (non-hydrogen) atoms. The maximum atomic E-state index is 5.58. The molecular formula is C10H12BrNO. The van der Waals surface area contributed by atoms with Crippen molar-refractivity contribution in [2.24, 2.45) is 5.92 Å². The van der Waals surface area contributed by atoms with E-state index in [9.17, 15) is 0 Å². The van der Waals surface area contributed by atoms with Crippen LogP contribution in [0.25, 0.3) is 0 Å². The Hall–Kier alpha value is -0.570. The Labute approximate surface area is 86.5 Å². The summed E-state index contributed by atoms with van der Waals surface area (Å²) in [5.41, 5.74) is 0. The number of hydrogen-bond donors (Lipinski definition) is 0. The standard InChI is InChI=1S/C10H12BrNO/c11-9-3-5-12-7-10(9)13-6-4-8-1-2-8/h3,5,7-8H,1-2,4,6H2. The van der Waals surface area contributed by atoms with E-state index in [4.69, 9.17) is 4.74 Å². The van der Waals surface area contributed by atoms with Crippen LogP contribution in [0.4, 0.5) is 0 Å². The maximum absolute atomic E-state index is 5.58. The van der Waals surface area contributed by atoms with Gasteiger partial charge in [-0.1, -0.05) is 12.8 Å². The van der Waals surface area contributed by atoms with Crippen molar-refractivity contribution in [2.75, 3.05) is 6.61 Å². The summed E-state index contributed by atoms with van der Waals surface area (Å²) >= 11 is 3.41. The van der Waals surface area contributed by atoms with Crippen LogP contribution in [0, 0.1) is 5.92 Å². The fourth-order valence-corrected chi connectivity index (χ4v) is 1.55. The van der Waals surface area contributed by atoms with Crippen molar-refractivity contribution in [3.63, 3.8) is 0 Å². The monoisotopic (exact) mass is 241 g/mol. The highest BCUT2D eigenvalue weighted by molar-refractivity contribution is 9.10. The van der Waals surface area contributed by atoms with E-state index >= 15 is 0 Å². The fraction of sp³-hybridized carbons (Fsp3) is 0.500. The van der Waals surface area contributed by atoms with Crippen LogP contribution in [0.5, 0.6) is 5.75 Å². The largest absolute Gasteiger partial charge is 0.491 e. The summed E-state index contributed by atoms with van der Waals surface area (Å²) in [4.78, 5) is 4.00. The summed E-state index contributed by atoms with van der Waals surface area (Å²) in [6.45, 7) is 0.814. The molecule has 2 rings (SSSR count). The van der Waals surface area contributed by atoms with Gasteiger partial charge in [-0.05, 0) is 34.3 Å². The number of rotatable bonds is 4. The van der Waals surface area contributed by atoms with Crippen LogP contribution < -0.4 is 4.74 Å². The predicted molar refractivity (Wildman–Crippen MR) is 54.8 cm³/mol. The number of halogens is 1. The van der Waals surface area contributed by atoms with Gasteiger partial charge in [0.1, 0.15) is 0 Å². The van der Waals surface area contributed by atoms with Gasteiger partial charge in [0.25, 0.3) is 0 Å². The second-order valence-corrected chi connectivity index (χ2v) is 4.24. The summed E-state index contributed by atoms with van der Waals surface area (Å²) in [6.07, 6.45) is 7.45. The third kappa shape index (κ3) is 2.69. The smallest absolute Gasteiger partial charge is 0.151 e. The van der Waals surface area contributed by atoms with Gasteiger partial charge in [-0.15, -0.1) is 0 Å². The molecule has 0 spiro atoms. The first-order valence-corrected chi connectivity index (χ1v) is 5.38. The summed E-state index contributed by atoms with van der Waals surface area (Å²) in [6, 6.07) is 1.90. The molecule has 70 valence electrons. The first-order valence-electron chi connectivity index (χ1n) is 4.58. The molecule has 1 fully saturated rings. The second-order valence-electron chi connectivity index (χ2n) is 3.39. The Kier molecular flexibility index (Phi) is 2.83. The molecule has 2 nitrogen and oxygen atoms in total. The van der Waals surface area contributed by atoms with E-state index in [1.54, 1.807) is 12.4 Å². The topological polar surface area (TPSA) is 22.1 Å². The molecule has 0 saturated heterocycles. The highest BCUT2D eigenvalue weighted by Crippen LogP contribution is 2.32. The van der Waals surface area contributed by atoms with Gasteiger partial charge in [0.15, 0.2) is 5.75 Å². The SMILES string of the molecule is Brc1ccncc1OCCC1CC1. The summed E-state index contributed by atoms with van der Waals surface area (Å²) in [7, 11) is 0. The molecule has 0 radical (unpaired) electrons. The molecule has 0 unspecified atom stereocenters. The minimum absolute atomic E-state index is 0.814. The van der Waals surface area contributed by atoms with E-state index in [1.807, 2.05) is 6.07 Å². The normalized spacial score (nSPS) is 15.8. The lowest BCUT2D eigenvalue weighted by Crippen LogP contribution is -1.98. The van der Waals surface area contributed by atoms with Crippen LogP contribution in [-0.4, -0.2) is 11.6 Å². The molecule has 3 heteroatoms. The molecule has 1 saturated carbocycles. The number of aromatic nitrogens is 1. The van der Waals surface area contributed by atoms with Gasteiger partial charge in [-0.2, -0.15) is 0 Å². The molecular weight excluding hydrogens is 230 g/mol. The molecule has 0 N–H and O–H groups in total. The second kappa shape index (κ2) is 4.09. The zero-order valence-corrected chi connectivity index (χ0v) is 8.96. The van der Waals surface area contributed by atoms with Gasteiger partial charge in [-0.25, -0.2) is 0 Å². The first kappa shape index (κ1) is 9.00. The van der Waals surface area contributed by atoms with E-state index in [0.29, 0.717) is 0 Å². The average Bonchev–Trinajstić information content (AvgIpc) is 2.92. The summed E-state index contributed by atoms with van der Waals surface area (Å²) in [5, 5.41) is 0. The van der Waals surface area contributed by atoms with Gasteiger partial charge in [0.2, 0.25) is 0 Å². The van der Waals surface area contributed by atoms with Crippen molar-refractivity contribution in [1.82, 2.24) is 4.98 Å². The molecule has 1 aromatic heterocycles. The Morgan fingerprint density at radius 3 is 3.08 bits per heavy atom. The zero-order valence-electron chi connectivity index (χ0n) is 7.37. The number of nitrogens with zero attached hydrogens (tertiary/aromatic N) is 1. The highest BCUT2D eigenvalue weighted by Gasteiger charge is 2.20. The zero-order chi connectivity index (χ0) is 9.10. The Bertz CT molecular complexity index is 286. The van der Waals surface area contributed by atoms with Crippen molar-refractivity contribution < 1.29 is 4.74 Å². The van der Waals surface area contributed by atoms with Crippen LogP contribution in [0.3, 0.4) is 0 Å². The fourth-order valence-electron chi connectivity index (χ4n) is 1.21. The van der Waals surface area contributed by atoms with Gasteiger partial charge < -0.3 is 4.74 Å². The minimum atomic E-state index is 0.814. The van der Waals surface area contributed by atoms with Crippen molar-refractivity contribution in [3.8, 4) is 5.75 Å². The Morgan fingerprint density at radius 1 is 1.54 bits per heavy atom. The van der Waals surface area contributed by atoms with E-state index in [-0.39, 0.29) is 0 Å². The average molecular weight is 242 g/mol. The lowest BCUT2D eigenvalue weighted by Gasteiger charge is -2.05.